The van der Waals surface area contributed by atoms with Crippen molar-refractivity contribution in [1.82, 2.24) is 0 Å². The molecule has 0 unspecified atom stereocenters. The average Bonchev–Trinajstić information content (AvgIpc) is 2.82. The van der Waals surface area contributed by atoms with Crippen molar-refractivity contribution in [3.63, 3.8) is 0 Å². The van der Waals surface area contributed by atoms with Gasteiger partial charge in [-0.1, -0.05) is 36.4 Å². The molecule has 4 rings (SSSR count). The summed E-state index contributed by atoms with van der Waals surface area (Å²) >= 11 is 2.13. The number of fused-ring (bicyclic) bond motifs is 1. The molecule has 0 bridgehead atoms. The van der Waals surface area contributed by atoms with E-state index in [0.717, 1.165) is 32.0 Å². The van der Waals surface area contributed by atoms with Crippen molar-refractivity contribution in [2.75, 3.05) is 5.43 Å². The molecule has 35 heavy (non-hydrogen) atoms. The second-order valence-electron chi connectivity index (χ2n) is 7.52. The summed E-state index contributed by atoms with van der Waals surface area (Å²) in [6.07, 6.45) is -3.27. The van der Waals surface area contributed by atoms with Gasteiger partial charge in [-0.2, -0.15) is 18.3 Å². The van der Waals surface area contributed by atoms with E-state index in [2.05, 4.69) is 39.2 Å². The van der Waals surface area contributed by atoms with E-state index in [1.807, 2.05) is 42.5 Å². The summed E-state index contributed by atoms with van der Waals surface area (Å²) in [6, 6.07) is 21.8. The van der Waals surface area contributed by atoms with Crippen LogP contribution in [0.2, 0.25) is 0 Å². The zero-order valence-corrected chi connectivity index (χ0v) is 20.1. The number of hydrogen-bond acceptors (Lipinski definition) is 5. The summed E-state index contributed by atoms with van der Waals surface area (Å²) in [5.74, 6) is 0.683. The topological polar surface area (TPSA) is 76.8 Å². The number of halogens is 4. The molecule has 0 aliphatic carbocycles. The van der Waals surface area contributed by atoms with Crippen LogP contribution in [0.3, 0.4) is 0 Å². The number of nitro groups is 1. The molecule has 0 spiro atoms. The number of nitrogens with one attached hydrogen (secondary N) is 1. The van der Waals surface area contributed by atoms with Gasteiger partial charge >= 0.3 is 6.18 Å². The Bertz CT molecular complexity index is 1420. The number of nitrogens with zero attached hydrogens (tertiary/aromatic N) is 2. The predicted molar refractivity (Wildman–Crippen MR) is 137 cm³/mol. The second kappa shape index (κ2) is 10.3. The predicted octanol–water partition coefficient (Wildman–Crippen LogP) is 7.40. The van der Waals surface area contributed by atoms with Crippen LogP contribution in [-0.4, -0.2) is 11.1 Å². The molecule has 0 aliphatic heterocycles. The summed E-state index contributed by atoms with van der Waals surface area (Å²) in [4.78, 5) is 10.3. The third-order valence-corrected chi connectivity index (χ3v) is 5.93. The molecule has 178 valence electrons. The third-order valence-electron chi connectivity index (χ3n) is 5.08. The molecule has 0 radical (unpaired) electrons. The van der Waals surface area contributed by atoms with Crippen molar-refractivity contribution >= 4 is 51.0 Å². The molecule has 0 saturated carbocycles. The van der Waals surface area contributed by atoms with Crippen LogP contribution in [0.1, 0.15) is 16.7 Å². The van der Waals surface area contributed by atoms with E-state index in [1.54, 1.807) is 12.1 Å². The monoisotopic (exact) mass is 591 g/mol. The lowest BCUT2D eigenvalue weighted by Gasteiger charge is -2.10. The van der Waals surface area contributed by atoms with Gasteiger partial charge < -0.3 is 4.74 Å². The fourth-order valence-corrected chi connectivity index (χ4v) is 4.03. The normalized spacial score (nSPS) is 11.7. The maximum absolute atomic E-state index is 12.8. The summed E-state index contributed by atoms with van der Waals surface area (Å²) in [6.45, 7) is 0.396. The van der Waals surface area contributed by atoms with Crippen LogP contribution < -0.4 is 10.2 Å². The van der Waals surface area contributed by atoms with Crippen LogP contribution in [0.15, 0.2) is 84.0 Å². The number of nitro benzene ring substituents is 1. The minimum atomic E-state index is -4.68. The van der Waals surface area contributed by atoms with E-state index in [1.165, 1.54) is 6.21 Å². The number of benzene rings is 4. The molecule has 4 aromatic rings. The van der Waals surface area contributed by atoms with E-state index in [0.29, 0.717) is 24.0 Å². The van der Waals surface area contributed by atoms with Crippen molar-refractivity contribution in [3.8, 4) is 5.75 Å². The Kier molecular flexibility index (Phi) is 7.20. The minimum Gasteiger partial charge on any atom is -0.488 e. The van der Waals surface area contributed by atoms with Crippen LogP contribution in [0, 0.1) is 13.7 Å². The SMILES string of the molecule is O=[N+]([O-])c1cc(C(F)(F)F)ccc1N/N=C\c1ccc(OCc2ccc3ccccc3c2)c(I)c1. The standard InChI is InChI=1S/C25H17F3IN3O3/c26-25(27,28)20-8-9-22(23(13-20)32(33)34)31-30-14-16-6-10-24(21(29)12-16)35-15-17-5-7-18-3-1-2-4-19(18)11-17/h1-14,31H,15H2/b30-14-. The van der Waals surface area contributed by atoms with Gasteiger partial charge in [0.2, 0.25) is 0 Å². The van der Waals surface area contributed by atoms with Crippen LogP contribution in [-0.2, 0) is 12.8 Å². The zero-order valence-electron chi connectivity index (χ0n) is 17.9. The molecule has 4 aromatic carbocycles. The van der Waals surface area contributed by atoms with Gasteiger partial charge in [0.25, 0.3) is 5.69 Å². The van der Waals surface area contributed by atoms with E-state index in [4.69, 9.17) is 4.74 Å². The number of alkyl halides is 3. The molecule has 0 fully saturated rings. The molecule has 0 saturated heterocycles. The Balaban J connectivity index is 1.42. The summed E-state index contributed by atoms with van der Waals surface area (Å²) in [7, 11) is 0. The van der Waals surface area contributed by atoms with E-state index >= 15 is 0 Å². The van der Waals surface area contributed by atoms with Gasteiger partial charge in [-0.25, -0.2) is 0 Å². The highest BCUT2D eigenvalue weighted by atomic mass is 127. The van der Waals surface area contributed by atoms with E-state index < -0.39 is 22.4 Å². The fourth-order valence-electron chi connectivity index (χ4n) is 3.33. The summed E-state index contributed by atoms with van der Waals surface area (Å²) in [5, 5.41) is 17.4. The lowest BCUT2D eigenvalue weighted by Crippen LogP contribution is -2.06. The lowest BCUT2D eigenvalue weighted by molar-refractivity contribution is -0.384. The van der Waals surface area contributed by atoms with Crippen molar-refractivity contribution in [3.05, 3.63) is 109 Å². The molecule has 0 aromatic heterocycles. The quantitative estimate of drug-likeness (QED) is 0.105. The van der Waals surface area contributed by atoms with Crippen LogP contribution in [0.4, 0.5) is 24.5 Å². The number of hydrazone groups is 1. The highest BCUT2D eigenvalue weighted by Gasteiger charge is 2.33. The van der Waals surface area contributed by atoms with Crippen molar-refractivity contribution < 1.29 is 22.8 Å². The molecule has 0 heterocycles. The molecule has 6 nitrogen and oxygen atoms in total. The second-order valence-corrected chi connectivity index (χ2v) is 8.68. The first kappa shape index (κ1) is 24.5. The van der Waals surface area contributed by atoms with Crippen LogP contribution in [0.5, 0.6) is 5.75 Å². The Hall–Kier alpha value is -3.67. The molecule has 0 amide bonds. The smallest absolute Gasteiger partial charge is 0.416 e. The first-order valence-electron chi connectivity index (χ1n) is 10.3. The van der Waals surface area contributed by atoms with Gasteiger partial charge in [-0.3, -0.25) is 15.5 Å². The number of anilines is 1. The Morgan fingerprint density at radius 1 is 1.00 bits per heavy atom. The van der Waals surface area contributed by atoms with Crippen LogP contribution in [0.25, 0.3) is 10.8 Å². The van der Waals surface area contributed by atoms with Crippen LogP contribution >= 0.6 is 22.6 Å². The van der Waals surface area contributed by atoms with Gasteiger partial charge in [0.1, 0.15) is 18.0 Å². The number of ether oxygens (including phenoxy) is 1. The first-order chi connectivity index (χ1) is 16.7. The van der Waals surface area contributed by atoms with Gasteiger partial charge in [-0.15, -0.1) is 0 Å². The molecule has 1 N–H and O–H groups in total. The lowest BCUT2D eigenvalue weighted by atomic mass is 10.1. The molecule has 0 atom stereocenters. The average molecular weight is 591 g/mol. The number of hydrogen-bond donors (Lipinski definition) is 1. The molecule has 10 heteroatoms. The van der Waals surface area contributed by atoms with Gasteiger partial charge in [-0.05, 0) is 80.9 Å². The minimum absolute atomic E-state index is 0.149. The maximum atomic E-state index is 12.8. The third kappa shape index (κ3) is 6.07. The molecule has 0 aliphatic rings. The largest absolute Gasteiger partial charge is 0.488 e. The van der Waals surface area contributed by atoms with E-state index in [9.17, 15) is 23.3 Å². The first-order valence-corrected chi connectivity index (χ1v) is 11.3. The zero-order chi connectivity index (χ0) is 25.0. The van der Waals surface area contributed by atoms with Gasteiger partial charge in [0.15, 0.2) is 0 Å². The molecular formula is C25H17F3IN3O3. The van der Waals surface area contributed by atoms with Crippen molar-refractivity contribution in [2.45, 2.75) is 12.8 Å². The Labute approximate surface area is 211 Å². The summed E-state index contributed by atoms with van der Waals surface area (Å²) < 4.78 is 45.3. The Morgan fingerprint density at radius 3 is 2.49 bits per heavy atom. The van der Waals surface area contributed by atoms with Gasteiger partial charge in [0, 0.05) is 6.07 Å². The summed E-state index contributed by atoms with van der Waals surface area (Å²) in [5.41, 5.74) is 2.18. The van der Waals surface area contributed by atoms with Gasteiger partial charge in [0.05, 0.1) is 20.3 Å². The van der Waals surface area contributed by atoms with Crippen molar-refractivity contribution in [2.24, 2.45) is 5.10 Å². The Morgan fingerprint density at radius 2 is 1.77 bits per heavy atom. The van der Waals surface area contributed by atoms with Crippen molar-refractivity contribution in [1.29, 1.82) is 0 Å². The highest BCUT2D eigenvalue weighted by Crippen LogP contribution is 2.35. The highest BCUT2D eigenvalue weighted by molar-refractivity contribution is 14.1. The number of rotatable bonds is 7. The maximum Gasteiger partial charge on any atom is 0.416 e. The fraction of sp³-hybridized carbons (Fsp3) is 0.0800. The van der Waals surface area contributed by atoms with E-state index in [-0.39, 0.29) is 5.69 Å². The molecular weight excluding hydrogens is 574 g/mol.